The molecule has 0 aromatic heterocycles. The third-order valence-corrected chi connectivity index (χ3v) is 4.01. The molecular formula is C20H19NO2. The number of hydrogen-bond acceptors (Lipinski definition) is 2. The lowest BCUT2D eigenvalue weighted by Crippen LogP contribution is -2.37. The smallest absolute Gasteiger partial charge is 0.252 e. The minimum atomic E-state index is -0.741. The van der Waals surface area contributed by atoms with Crippen LogP contribution in [-0.4, -0.2) is 17.1 Å². The average molecular weight is 305 g/mol. The summed E-state index contributed by atoms with van der Waals surface area (Å²) in [6, 6.07) is 22.4. The van der Waals surface area contributed by atoms with Crippen LogP contribution in [0.25, 0.3) is 10.8 Å². The zero-order valence-electron chi connectivity index (χ0n) is 12.9. The number of amides is 1. The number of benzene rings is 3. The summed E-state index contributed by atoms with van der Waals surface area (Å²) in [5, 5.41) is 15.2. The number of carbonyl (C=O) groups excluding carboxylic acids is 1. The Labute approximate surface area is 135 Å². The van der Waals surface area contributed by atoms with E-state index in [0.717, 1.165) is 16.3 Å². The molecule has 1 amide bonds. The van der Waals surface area contributed by atoms with Crippen LogP contribution in [0.2, 0.25) is 0 Å². The predicted octanol–water partition coefficient (Wildman–Crippen LogP) is 3.69. The number of rotatable bonds is 4. The van der Waals surface area contributed by atoms with Gasteiger partial charge in [-0.2, -0.15) is 0 Å². The molecule has 0 radical (unpaired) electrons. The first kappa shape index (κ1) is 15.3. The van der Waals surface area contributed by atoms with Gasteiger partial charge >= 0.3 is 0 Å². The Morgan fingerprint density at radius 3 is 2.35 bits per heavy atom. The lowest BCUT2D eigenvalue weighted by molar-refractivity contribution is 0.0853. The minimum absolute atomic E-state index is 0.177. The second-order valence-electron chi connectivity index (χ2n) is 5.64. The molecule has 3 aromatic rings. The number of nitrogens with one attached hydrogen (secondary N) is 1. The number of hydrogen-bond donors (Lipinski definition) is 2. The van der Waals surface area contributed by atoms with Crippen molar-refractivity contribution >= 4 is 16.7 Å². The fourth-order valence-electron chi connectivity index (χ4n) is 2.73. The van der Waals surface area contributed by atoms with Gasteiger partial charge in [0.15, 0.2) is 0 Å². The van der Waals surface area contributed by atoms with Gasteiger partial charge in [0, 0.05) is 5.56 Å². The van der Waals surface area contributed by atoms with Gasteiger partial charge in [-0.05, 0) is 29.3 Å². The summed E-state index contributed by atoms with van der Waals surface area (Å²) >= 11 is 0. The van der Waals surface area contributed by atoms with Crippen molar-refractivity contribution in [1.82, 2.24) is 5.32 Å². The van der Waals surface area contributed by atoms with Crippen LogP contribution < -0.4 is 5.32 Å². The van der Waals surface area contributed by atoms with E-state index in [9.17, 15) is 9.90 Å². The van der Waals surface area contributed by atoms with Crippen LogP contribution in [-0.2, 0) is 0 Å². The van der Waals surface area contributed by atoms with Crippen molar-refractivity contribution in [3.05, 3.63) is 83.9 Å². The van der Waals surface area contributed by atoms with Crippen LogP contribution in [0.15, 0.2) is 72.8 Å². The van der Waals surface area contributed by atoms with Gasteiger partial charge in [0.2, 0.25) is 0 Å². The van der Waals surface area contributed by atoms with Crippen molar-refractivity contribution in [3.8, 4) is 0 Å². The first-order valence-corrected chi connectivity index (χ1v) is 7.68. The van der Waals surface area contributed by atoms with Crippen LogP contribution >= 0.6 is 0 Å². The molecule has 0 aliphatic heterocycles. The highest BCUT2D eigenvalue weighted by Gasteiger charge is 2.19. The first-order valence-electron chi connectivity index (χ1n) is 7.68. The molecule has 0 bridgehead atoms. The quantitative estimate of drug-likeness (QED) is 0.772. The Bertz CT molecular complexity index is 809. The highest BCUT2D eigenvalue weighted by atomic mass is 16.3. The van der Waals surface area contributed by atoms with E-state index >= 15 is 0 Å². The molecule has 0 saturated carbocycles. The van der Waals surface area contributed by atoms with Crippen molar-refractivity contribution in [2.24, 2.45) is 0 Å². The Morgan fingerprint density at radius 1 is 0.913 bits per heavy atom. The van der Waals surface area contributed by atoms with Crippen LogP contribution in [0.5, 0.6) is 0 Å². The zero-order valence-corrected chi connectivity index (χ0v) is 12.9. The number of fused-ring (bicyclic) bond motifs is 1. The highest BCUT2D eigenvalue weighted by molar-refractivity contribution is 6.07. The van der Waals surface area contributed by atoms with Gasteiger partial charge in [-0.25, -0.2) is 0 Å². The summed E-state index contributed by atoms with van der Waals surface area (Å²) in [6.45, 7) is 1.81. The Hall–Kier alpha value is -2.65. The summed E-state index contributed by atoms with van der Waals surface area (Å²) in [5.74, 6) is -0.177. The molecular weight excluding hydrogens is 286 g/mol. The monoisotopic (exact) mass is 305 g/mol. The Balaban J connectivity index is 1.81. The highest BCUT2D eigenvalue weighted by Crippen LogP contribution is 2.20. The molecule has 3 rings (SSSR count). The Kier molecular flexibility index (Phi) is 4.40. The topological polar surface area (TPSA) is 49.3 Å². The molecule has 2 unspecified atom stereocenters. The first-order chi connectivity index (χ1) is 11.2. The maximum atomic E-state index is 12.6. The second-order valence-corrected chi connectivity index (χ2v) is 5.64. The van der Waals surface area contributed by atoms with Crippen molar-refractivity contribution in [1.29, 1.82) is 0 Å². The molecule has 0 spiro atoms. The standard InChI is InChI=1S/C20H19NO2/c1-14(19(22)16-9-3-2-4-10-16)21-20(23)18-13-7-11-15-8-5-6-12-17(15)18/h2-14,19,22H,1H3,(H,21,23). The lowest BCUT2D eigenvalue weighted by Gasteiger charge is -2.21. The van der Waals surface area contributed by atoms with Gasteiger partial charge in [0.05, 0.1) is 12.1 Å². The summed E-state index contributed by atoms with van der Waals surface area (Å²) in [4.78, 5) is 12.6. The lowest BCUT2D eigenvalue weighted by atomic mass is 10.0. The van der Waals surface area contributed by atoms with Gasteiger partial charge in [-0.15, -0.1) is 0 Å². The second kappa shape index (κ2) is 6.63. The predicted molar refractivity (Wildman–Crippen MR) is 92.3 cm³/mol. The third-order valence-electron chi connectivity index (χ3n) is 4.01. The van der Waals surface area contributed by atoms with Gasteiger partial charge in [-0.1, -0.05) is 66.7 Å². The van der Waals surface area contributed by atoms with Gasteiger partial charge in [-0.3, -0.25) is 4.79 Å². The van der Waals surface area contributed by atoms with Crippen molar-refractivity contribution < 1.29 is 9.90 Å². The number of aliphatic hydroxyl groups excluding tert-OH is 1. The molecule has 0 fully saturated rings. The van der Waals surface area contributed by atoms with E-state index in [1.807, 2.05) is 66.7 Å². The normalized spacial score (nSPS) is 13.5. The largest absolute Gasteiger partial charge is 0.386 e. The third kappa shape index (κ3) is 3.25. The number of carbonyl (C=O) groups is 1. The van der Waals surface area contributed by atoms with E-state index in [2.05, 4.69) is 5.32 Å². The maximum Gasteiger partial charge on any atom is 0.252 e. The summed E-state index contributed by atoms with van der Waals surface area (Å²) < 4.78 is 0. The van der Waals surface area contributed by atoms with Crippen LogP contribution in [0.1, 0.15) is 28.9 Å². The van der Waals surface area contributed by atoms with Crippen LogP contribution in [0.3, 0.4) is 0 Å². The summed E-state index contributed by atoms with van der Waals surface area (Å²) in [6.07, 6.45) is -0.741. The van der Waals surface area contributed by atoms with Gasteiger partial charge in [0.1, 0.15) is 0 Å². The molecule has 0 saturated heterocycles. The van der Waals surface area contributed by atoms with Crippen molar-refractivity contribution in [2.75, 3.05) is 0 Å². The molecule has 2 N–H and O–H groups in total. The Morgan fingerprint density at radius 2 is 1.57 bits per heavy atom. The van der Waals surface area contributed by atoms with E-state index in [0.29, 0.717) is 5.56 Å². The molecule has 2 atom stereocenters. The molecule has 0 heterocycles. The van der Waals surface area contributed by atoms with E-state index < -0.39 is 6.10 Å². The molecule has 23 heavy (non-hydrogen) atoms. The van der Waals surface area contributed by atoms with E-state index in [1.165, 1.54) is 0 Å². The fraction of sp³-hybridized carbons (Fsp3) is 0.150. The summed E-state index contributed by atoms with van der Waals surface area (Å²) in [5.41, 5.74) is 1.41. The molecule has 3 aromatic carbocycles. The van der Waals surface area contributed by atoms with Crippen LogP contribution in [0.4, 0.5) is 0 Å². The van der Waals surface area contributed by atoms with Crippen molar-refractivity contribution in [3.63, 3.8) is 0 Å². The molecule has 116 valence electrons. The average Bonchev–Trinajstić information content (AvgIpc) is 2.61. The fourth-order valence-corrected chi connectivity index (χ4v) is 2.73. The molecule has 0 aliphatic rings. The van der Waals surface area contributed by atoms with Crippen molar-refractivity contribution in [2.45, 2.75) is 19.1 Å². The maximum absolute atomic E-state index is 12.6. The molecule has 0 aliphatic carbocycles. The minimum Gasteiger partial charge on any atom is -0.386 e. The van der Waals surface area contributed by atoms with Gasteiger partial charge < -0.3 is 10.4 Å². The number of aliphatic hydroxyl groups is 1. The summed E-state index contributed by atoms with van der Waals surface area (Å²) in [7, 11) is 0. The van der Waals surface area contributed by atoms with E-state index in [4.69, 9.17) is 0 Å². The zero-order chi connectivity index (χ0) is 16.2. The molecule has 3 nitrogen and oxygen atoms in total. The van der Waals surface area contributed by atoms with Crippen LogP contribution in [0, 0.1) is 0 Å². The molecule has 3 heteroatoms. The SMILES string of the molecule is CC(NC(=O)c1cccc2ccccc12)C(O)c1ccccc1. The van der Waals surface area contributed by atoms with E-state index in [1.54, 1.807) is 13.0 Å². The van der Waals surface area contributed by atoms with Gasteiger partial charge in [0.25, 0.3) is 5.91 Å². The van der Waals surface area contributed by atoms with E-state index in [-0.39, 0.29) is 11.9 Å².